The first-order chi connectivity index (χ1) is 5.20. The van der Waals surface area contributed by atoms with E-state index >= 15 is 0 Å². The monoisotopic (exact) mass is 147 g/mol. The summed E-state index contributed by atoms with van der Waals surface area (Å²) in [4.78, 5) is 0. The Morgan fingerprint density at radius 2 is 2.09 bits per heavy atom. The molecule has 0 radical (unpaired) electrons. The van der Waals surface area contributed by atoms with Gasteiger partial charge in [0.1, 0.15) is 7.85 Å². The quantitative estimate of drug-likeness (QED) is 0.577. The summed E-state index contributed by atoms with van der Waals surface area (Å²) in [6.45, 7) is 2.03. The predicted molar refractivity (Wildman–Crippen MR) is 52.0 cm³/mol. The highest BCUT2D eigenvalue weighted by Crippen LogP contribution is 1.97. The molecule has 0 fully saturated rings. The van der Waals surface area contributed by atoms with E-state index in [1.165, 1.54) is 11.0 Å². The van der Waals surface area contributed by atoms with Crippen molar-refractivity contribution in [2.24, 2.45) is 5.73 Å². The number of rotatable bonds is 2. The second-order valence-electron chi connectivity index (χ2n) is 3.11. The summed E-state index contributed by atoms with van der Waals surface area (Å²) < 4.78 is 0. The van der Waals surface area contributed by atoms with E-state index in [-0.39, 0.29) is 6.04 Å². The zero-order chi connectivity index (χ0) is 8.27. The van der Waals surface area contributed by atoms with Gasteiger partial charge in [0, 0.05) is 6.04 Å². The van der Waals surface area contributed by atoms with Crippen LogP contribution in [0.3, 0.4) is 0 Å². The molecule has 0 heterocycles. The molecule has 2 N–H and O–H groups in total. The van der Waals surface area contributed by atoms with Gasteiger partial charge >= 0.3 is 0 Å². The number of hydrogen-bond acceptors (Lipinski definition) is 1. The largest absolute Gasteiger partial charge is 0.328 e. The molecule has 0 aliphatic carbocycles. The van der Waals surface area contributed by atoms with Crippen molar-refractivity contribution in [3.05, 3.63) is 29.8 Å². The minimum atomic E-state index is 0.260. The summed E-state index contributed by atoms with van der Waals surface area (Å²) in [6, 6.07) is 8.64. The van der Waals surface area contributed by atoms with Crippen molar-refractivity contribution >= 4 is 13.3 Å². The van der Waals surface area contributed by atoms with Gasteiger partial charge in [0.05, 0.1) is 0 Å². The van der Waals surface area contributed by atoms with Crippen LogP contribution in [-0.4, -0.2) is 13.9 Å². The zero-order valence-corrected chi connectivity index (χ0v) is 7.17. The minimum absolute atomic E-state index is 0.260. The minimum Gasteiger partial charge on any atom is -0.328 e. The third-order valence-corrected chi connectivity index (χ3v) is 1.80. The lowest BCUT2D eigenvalue weighted by atomic mass is 9.88. The average molecular weight is 147 g/mol. The van der Waals surface area contributed by atoms with E-state index in [2.05, 4.69) is 32.1 Å². The van der Waals surface area contributed by atoms with E-state index < -0.39 is 0 Å². The average Bonchev–Trinajstić information content (AvgIpc) is 1.93. The Bertz CT molecular complexity index is 233. The van der Waals surface area contributed by atoms with E-state index in [1.807, 2.05) is 6.92 Å². The highest BCUT2D eigenvalue weighted by molar-refractivity contribution is 6.33. The molecular formula is C9H14BN. The van der Waals surface area contributed by atoms with Crippen molar-refractivity contribution < 1.29 is 0 Å². The van der Waals surface area contributed by atoms with Crippen molar-refractivity contribution in [1.82, 2.24) is 0 Å². The van der Waals surface area contributed by atoms with Crippen molar-refractivity contribution in [2.45, 2.75) is 19.4 Å². The normalized spacial score (nSPS) is 12.9. The van der Waals surface area contributed by atoms with Crippen LogP contribution in [0.2, 0.25) is 0 Å². The van der Waals surface area contributed by atoms with E-state index in [4.69, 9.17) is 5.73 Å². The van der Waals surface area contributed by atoms with Gasteiger partial charge in [0.25, 0.3) is 0 Å². The molecule has 1 aromatic rings. The van der Waals surface area contributed by atoms with Crippen LogP contribution >= 0.6 is 0 Å². The standard InChI is InChI=1S/C9H14BN/c1-7(11)6-8-4-2-3-5-9(8)10/h2-5,7H,6,10-11H2,1H3. The van der Waals surface area contributed by atoms with Gasteiger partial charge in [-0.25, -0.2) is 0 Å². The fraction of sp³-hybridized carbons (Fsp3) is 0.333. The molecule has 1 aromatic carbocycles. The summed E-state index contributed by atoms with van der Waals surface area (Å²) in [5, 5.41) is 0. The van der Waals surface area contributed by atoms with Crippen LogP contribution in [0.25, 0.3) is 0 Å². The smallest absolute Gasteiger partial charge is 0.139 e. The maximum atomic E-state index is 5.69. The third-order valence-electron chi connectivity index (χ3n) is 1.80. The summed E-state index contributed by atoms with van der Waals surface area (Å²) >= 11 is 0. The third kappa shape index (κ3) is 2.39. The molecule has 11 heavy (non-hydrogen) atoms. The Kier molecular flexibility index (Phi) is 2.72. The molecule has 1 rings (SSSR count). The number of benzene rings is 1. The first kappa shape index (κ1) is 8.34. The Balaban J connectivity index is 2.78. The fourth-order valence-corrected chi connectivity index (χ4v) is 1.19. The van der Waals surface area contributed by atoms with Crippen molar-refractivity contribution in [1.29, 1.82) is 0 Å². The fourth-order valence-electron chi connectivity index (χ4n) is 1.19. The van der Waals surface area contributed by atoms with Gasteiger partial charge in [0.2, 0.25) is 0 Å². The van der Waals surface area contributed by atoms with Gasteiger partial charge < -0.3 is 5.73 Å². The van der Waals surface area contributed by atoms with E-state index in [0.29, 0.717) is 0 Å². The van der Waals surface area contributed by atoms with E-state index in [9.17, 15) is 0 Å². The molecule has 0 aromatic heterocycles. The molecule has 0 saturated carbocycles. The number of hydrogen-bond donors (Lipinski definition) is 1. The van der Waals surface area contributed by atoms with E-state index in [1.54, 1.807) is 0 Å². The molecule has 0 bridgehead atoms. The van der Waals surface area contributed by atoms with Crippen molar-refractivity contribution in [2.75, 3.05) is 0 Å². The van der Waals surface area contributed by atoms with Crippen LogP contribution in [0.15, 0.2) is 24.3 Å². The summed E-state index contributed by atoms with van der Waals surface area (Å²) in [7, 11) is 2.12. The molecule has 0 spiro atoms. The van der Waals surface area contributed by atoms with E-state index in [0.717, 1.165) is 6.42 Å². The van der Waals surface area contributed by atoms with Crippen LogP contribution in [0.1, 0.15) is 12.5 Å². The molecule has 0 aliphatic rings. The molecular weight excluding hydrogens is 133 g/mol. The molecule has 2 heteroatoms. The van der Waals surface area contributed by atoms with Crippen LogP contribution < -0.4 is 11.2 Å². The lowest BCUT2D eigenvalue weighted by Crippen LogP contribution is -2.22. The van der Waals surface area contributed by atoms with Gasteiger partial charge in [-0.05, 0) is 13.3 Å². The van der Waals surface area contributed by atoms with Gasteiger partial charge in [-0.3, -0.25) is 0 Å². The second-order valence-corrected chi connectivity index (χ2v) is 3.11. The zero-order valence-electron chi connectivity index (χ0n) is 7.17. The molecule has 1 atom stereocenters. The number of nitrogens with two attached hydrogens (primary N) is 1. The maximum absolute atomic E-state index is 5.69. The molecule has 1 nitrogen and oxygen atoms in total. The van der Waals surface area contributed by atoms with Gasteiger partial charge in [-0.2, -0.15) is 0 Å². The van der Waals surface area contributed by atoms with Gasteiger partial charge in [0.15, 0.2) is 0 Å². The summed E-state index contributed by atoms with van der Waals surface area (Å²) in [6.07, 6.45) is 0.979. The topological polar surface area (TPSA) is 26.0 Å². The van der Waals surface area contributed by atoms with Gasteiger partial charge in [-0.15, -0.1) is 0 Å². The Morgan fingerprint density at radius 1 is 1.45 bits per heavy atom. The van der Waals surface area contributed by atoms with Gasteiger partial charge in [-0.1, -0.05) is 35.3 Å². The Morgan fingerprint density at radius 3 is 2.64 bits per heavy atom. The molecule has 1 unspecified atom stereocenters. The van der Waals surface area contributed by atoms with Crippen LogP contribution in [-0.2, 0) is 6.42 Å². The maximum Gasteiger partial charge on any atom is 0.139 e. The molecule has 0 amide bonds. The SMILES string of the molecule is Bc1ccccc1CC(C)N. The van der Waals surface area contributed by atoms with Crippen LogP contribution in [0, 0.1) is 0 Å². The molecule has 0 aliphatic heterocycles. The summed E-state index contributed by atoms with van der Waals surface area (Å²) in [5.41, 5.74) is 8.39. The lowest BCUT2D eigenvalue weighted by Gasteiger charge is -2.07. The molecule has 0 saturated heterocycles. The Hall–Kier alpha value is -0.755. The van der Waals surface area contributed by atoms with Crippen LogP contribution in [0.5, 0.6) is 0 Å². The first-order valence-electron chi connectivity index (χ1n) is 4.00. The lowest BCUT2D eigenvalue weighted by molar-refractivity contribution is 0.740. The summed E-state index contributed by atoms with van der Waals surface area (Å²) in [5.74, 6) is 0. The highest BCUT2D eigenvalue weighted by Gasteiger charge is 1.98. The van der Waals surface area contributed by atoms with Crippen LogP contribution in [0.4, 0.5) is 0 Å². The van der Waals surface area contributed by atoms with Crippen molar-refractivity contribution in [3.63, 3.8) is 0 Å². The predicted octanol–water partition coefficient (Wildman–Crippen LogP) is -0.165. The Labute approximate surface area is 69.0 Å². The first-order valence-corrected chi connectivity index (χ1v) is 4.00. The second kappa shape index (κ2) is 3.58. The molecule has 58 valence electrons. The highest BCUT2D eigenvalue weighted by atomic mass is 14.6. The van der Waals surface area contributed by atoms with Crippen molar-refractivity contribution in [3.8, 4) is 0 Å².